The Bertz CT molecular complexity index is 1400. The van der Waals surface area contributed by atoms with Crippen LogP contribution in [0.1, 0.15) is 58.7 Å². The lowest BCUT2D eigenvalue weighted by molar-refractivity contribution is 0.0502. The molecule has 4 rings (SSSR count). The Labute approximate surface area is 250 Å². The van der Waals surface area contributed by atoms with Gasteiger partial charge in [0, 0.05) is 7.11 Å². The number of benzene rings is 4. The fraction of sp³-hybridized carbons (Fsp3) is 0.314. The van der Waals surface area contributed by atoms with Crippen molar-refractivity contribution in [2.75, 3.05) is 20.3 Å². The maximum atomic E-state index is 13.8. The molecule has 7 heteroatoms. The molecule has 0 heterocycles. The van der Waals surface area contributed by atoms with Gasteiger partial charge in [0.15, 0.2) is 13.1 Å². The molecule has 0 aliphatic carbocycles. The van der Waals surface area contributed by atoms with Crippen LogP contribution in [-0.4, -0.2) is 20.3 Å². The van der Waals surface area contributed by atoms with Gasteiger partial charge in [0.2, 0.25) is 0 Å². The van der Waals surface area contributed by atoms with Gasteiger partial charge < -0.3 is 23.3 Å². The molecule has 0 aliphatic heterocycles. The van der Waals surface area contributed by atoms with Gasteiger partial charge in [0.05, 0.1) is 13.2 Å². The summed E-state index contributed by atoms with van der Waals surface area (Å²) >= 11 is 0. The summed E-state index contributed by atoms with van der Waals surface area (Å²) in [4.78, 5) is 0. The first-order valence-electron chi connectivity index (χ1n) is 14.2. The van der Waals surface area contributed by atoms with Crippen molar-refractivity contribution in [3.05, 3.63) is 130 Å². The third-order valence-electron chi connectivity index (χ3n) is 7.01. The molecule has 222 valence electrons. The number of methoxy groups -OCH3 is 1. The van der Waals surface area contributed by atoms with E-state index in [1.807, 2.05) is 78.9 Å². The molecule has 0 atom stereocenters. The number of hydrogen-bond donors (Lipinski definition) is 0. The molecule has 0 radical (unpaired) electrons. The smallest absolute Gasteiger partial charge is 0.368 e. The first-order valence-corrected chi connectivity index (χ1v) is 15.9. The summed E-state index contributed by atoms with van der Waals surface area (Å²) in [6.07, 6.45) is 0.590. The Morgan fingerprint density at radius 2 is 1.29 bits per heavy atom. The van der Waals surface area contributed by atoms with Gasteiger partial charge in [-0.1, -0.05) is 86.6 Å². The van der Waals surface area contributed by atoms with Crippen molar-refractivity contribution < 1.29 is 27.8 Å². The highest BCUT2D eigenvalue weighted by Gasteiger charge is 2.27. The minimum absolute atomic E-state index is 0.168. The molecule has 0 N–H and O–H groups in total. The van der Waals surface area contributed by atoms with Gasteiger partial charge in [-0.2, -0.15) is 0 Å². The molecule has 0 spiro atoms. The van der Waals surface area contributed by atoms with Crippen LogP contribution in [0, 0.1) is 13.8 Å². The molecule has 4 aromatic rings. The third kappa shape index (κ3) is 9.04. The summed E-state index contributed by atoms with van der Waals surface area (Å²) in [6, 6.07) is 29.6. The monoisotopic (exact) mass is 588 g/mol. The Hall–Kier alpha value is -3.41. The van der Waals surface area contributed by atoms with Crippen LogP contribution in [0.5, 0.6) is 11.5 Å². The molecule has 4 aromatic carbocycles. The fourth-order valence-corrected chi connectivity index (χ4v) is 5.91. The predicted molar refractivity (Wildman–Crippen MR) is 167 cm³/mol. The topological polar surface area (TPSA) is 63.2 Å². The van der Waals surface area contributed by atoms with E-state index in [0.29, 0.717) is 11.7 Å². The lowest BCUT2D eigenvalue weighted by atomic mass is 9.93. The van der Waals surface area contributed by atoms with Gasteiger partial charge in [0.25, 0.3) is 0 Å². The van der Waals surface area contributed by atoms with E-state index in [9.17, 15) is 4.57 Å². The molecule has 0 aromatic heterocycles. The zero-order valence-corrected chi connectivity index (χ0v) is 26.1. The van der Waals surface area contributed by atoms with E-state index < -0.39 is 7.60 Å². The highest BCUT2D eigenvalue weighted by atomic mass is 31.2. The molecule has 0 aliphatic rings. The van der Waals surface area contributed by atoms with Gasteiger partial charge in [-0.05, 0) is 83.3 Å². The zero-order valence-electron chi connectivity index (χ0n) is 25.2. The summed E-state index contributed by atoms with van der Waals surface area (Å²) in [5.41, 5.74) is 7.61. The first-order chi connectivity index (χ1) is 20.3. The molecule has 0 saturated carbocycles. The molecule has 0 saturated heterocycles. The van der Waals surface area contributed by atoms with Crippen molar-refractivity contribution in [2.24, 2.45) is 0 Å². The second-order valence-electron chi connectivity index (χ2n) is 10.7. The van der Waals surface area contributed by atoms with E-state index in [2.05, 4.69) is 39.8 Å². The Balaban J connectivity index is 1.47. The quantitative estimate of drug-likeness (QED) is 0.102. The molecule has 0 fully saturated rings. The van der Waals surface area contributed by atoms with Gasteiger partial charge in [-0.25, -0.2) is 0 Å². The van der Waals surface area contributed by atoms with Crippen LogP contribution in [0.25, 0.3) is 0 Å². The lowest BCUT2D eigenvalue weighted by Crippen LogP contribution is -2.07. The lowest BCUT2D eigenvalue weighted by Gasteiger charge is -2.20. The summed E-state index contributed by atoms with van der Waals surface area (Å²) in [7, 11) is -1.96. The van der Waals surface area contributed by atoms with Crippen LogP contribution >= 0.6 is 7.60 Å². The van der Waals surface area contributed by atoms with Crippen LogP contribution in [-0.2, 0) is 38.0 Å². The molecule has 0 unspecified atom stereocenters. The molecular weight excluding hydrogens is 547 g/mol. The van der Waals surface area contributed by atoms with Crippen molar-refractivity contribution in [3.63, 3.8) is 0 Å². The maximum Gasteiger partial charge on any atom is 0.368 e. The zero-order chi connectivity index (χ0) is 30.0. The largest absolute Gasteiger partial charge is 0.481 e. The van der Waals surface area contributed by atoms with Gasteiger partial charge in [-0.15, -0.1) is 0 Å². The Morgan fingerprint density at radius 3 is 1.81 bits per heavy atom. The third-order valence-corrected chi connectivity index (χ3v) is 8.50. The average molecular weight is 589 g/mol. The molecular formula is C35H41O6P. The summed E-state index contributed by atoms with van der Waals surface area (Å²) in [5, 5.41) is 0. The standard InChI is InChI=1S/C35H41O6P/c1-26(2)33-20-31(16-17-35(33)38-24-37-5)21-34-27(3)18-32(19-28(34)4)39-25-42(36,40-22-29-12-8-6-9-13-29)41-23-30-14-10-7-11-15-30/h6-20,26H,21-25H2,1-5H3. The van der Waals surface area contributed by atoms with E-state index in [0.717, 1.165) is 40.0 Å². The van der Waals surface area contributed by atoms with E-state index in [1.165, 1.54) is 11.1 Å². The highest BCUT2D eigenvalue weighted by Crippen LogP contribution is 2.50. The number of rotatable bonds is 15. The number of aryl methyl sites for hydroxylation is 2. The Kier molecular flexibility index (Phi) is 11.4. The Morgan fingerprint density at radius 1 is 0.714 bits per heavy atom. The van der Waals surface area contributed by atoms with Crippen molar-refractivity contribution >= 4 is 7.60 Å². The summed E-state index contributed by atoms with van der Waals surface area (Å²) in [5.74, 6) is 1.80. The molecule has 6 nitrogen and oxygen atoms in total. The second kappa shape index (κ2) is 15.2. The maximum absolute atomic E-state index is 13.8. The van der Waals surface area contributed by atoms with Crippen LogP contribution in [0.15, 0.2) is 91.0 Å². The van der Waals surface area contributed by atoms with Crippen molar-refractivity contribution in [1.29, 1.82) is 0 Å². The van der Waals surface area contributed by atoms with Crippen molar-refractivity contribution in [1.82, 2.24) is 0 Å². The average Bonchev–Trinajstić information content (AvgIpc) is 3.00. The SMILES string of the molecule is COCOc1ccc(Cc2c(C)cc(OCP(=O)(OCc3ccccc3)OCc3ccccc3)cc2C)cc1C(C)C. The van der Waals surface area contributed by atoms with Crippen LogP contribution < -0.4 is 9.47 Å². The molecule has 0 amide bonds. The summed E-state index contributed by atoms with van der Waals surface area (Å²) in [6.45, 7) is 9.03. The minimum atomic E-state index is -3.58. The highest BCUT2D eigenvalue weighted by molar-refractivity contribution is 7.53. The molecule has 0 bridgehead atoms. The van der Waals surface area contributed by atoms with Crippen molar-refractivity contribution in [2.45, 2.75) is 53.2 Å². The van der Waals surface area contributed by atoms with Crippen molar-refractivity contribution in [3.8, 4) is 11.5 Å². The predicted octanol–water partition coefficient (Wildman–Crippen LogP) is 8.96. The van der Waals surface area contributed by atoms with E-state index in [-0.39, 0.29) is 26.4 Å². The summed E-state index contributed by atoms with van der Waals surface area (Å²) < 4.78 is 42.5. The van der Waals surface area contributed by atoms with Gasteiger partial charge in [-0.3, -0.25) is 4.57 Å². The first kappa shape index (κ1) is 31.5. The van der Waals surface area contributed by atoms with Crippen LogP contribution in [0.2, 0.25) is 0 Å². The minimum Gasteiger partial charge on any atom is -0.481 e. The number of ether oxygens (including phenoxy) is 3. The van der Waals surface area contributed by atoms with Gasteiger partial charge >= 0.3 is 7.60 Å². The fourth-order valence-electron chi connectivity index (χ4n) is 4.69. The van der Waals surface area contributed by atoms with Gasteiger partial charge in [0.1, 0.15) is 11.5 Å². The van der Waals surface area contributed by atoms with Crippen LogP contribution in [0.3, 0.4) is 0 Å². The van der Waals surface area contributed by atoms with Crippen LogP contribution in [0.4, 0.5) is 0 Å². The van der Waals surface area contributed by atoms with E-state index in [1.54, 1.807) is 7.11 Å². The van der Waals surface area contributed by atoms with E-state index in [4.69, 9.17) is 23.3 Å². The van der Waals surface area contributed by atoms with E-state index >= 15 is 0 Å². The number of hydrogen-bond acceptors (Lipinski definition) is 6. The molecule has 42 heavy (non-hydrogen) atoms. The second-order valence-corrected chi connectivity index (χ2v) is 12.7. The normalized spacial score (nSPS) is 11.6.